The molecule has 1 heterocycles. The number of hydrogen-bond acceptors (Lipinski definition) is 7. The number of hydrogen-bond donors (Lipinski definition) is 4. The van der Waals surface area contributed by atoms with E-state index in [2.05, 4.69) is 10.6 Å². The SMILES string of the molecule is CNC(=O)[C@H](Cc1ccccc1)NC(=O)[C@H](CC(C)C)C(CS(=O)(=O)c1cccs1)C(=O)NO. The number of likely N-dealkylation sites (N-methyl/N-ethyl adjacent to an activating group) is 1. The number of amides is 3. The molecule has 11 heteroatoms. The van der Waals surface area contributed by atoms with E-state index in [9.17, 15) is 28.0 Å². The van der Waals surface area contributed by atoms with E-state index in [1.54, 1.807) is 11.4 Å². The molecule has 2 aromatic rings. The second kappa shape index (κ2) is 12.6. The van der Waals surface area contributed by atoms with Crippen molar-refractivity contribution in [1.82, 2.24) is 16.1 Å². The largest absolute Gasteiger partial charge is 0.357 e. The summed E-state index contributed by atoms with van der Waals surface area (Å²) in [6.45, 7) is 3.67. The topological polar surface area (TPSA) is 142 Å². The van der Waals surface area contributed by atoms with Crippen LogP contribution in [0.3, 0.4) is 0 Å². The molecular formula is C23H31N3O6S2. The maximum atomic E-state index is 13.4. The van der Waals surface area contributed by atoms with Crippen LogP contribution in [0.4, 0.5) is 0 Å². The van der Waals surface area contributed by atoms with Crippen LogP contribution in [0.25, 0.3) is 0 Å². The highest BCUT2D eigenvalue weighted by atomic mass is 32.2. The summed E-state index contributed by atoms with van der Waals surface area (Å²) < 4.78 is 25.9. The van der Waals surface area contributed by atoms with Crippen molar-refractivity contribution >= 4 is 38.9 Å². The van der Waals surface area contributed by atoms with Gasteiger partial charge in [0.2, 0.25) is 17.7 Å². The van der Waals surface area contributed by atoms with E-state index in [0.29, 0.717) is 0 Å². The number of nitrogens with one attached hydrogen (secondary N) is 3. The molecule has 9 nitrogen and oxygen atoms in total. The average Bonchev–Trinajstić information content (AvgIpc) is 3.36. The number of sulfone groups is 1. The minimum Gasteiger partial charge on any atom is -0.357 e. The zero-order valence-electron chi connectivity index (χ0n) is 19.4. The van der Waals surface area contributed by atoms with Gasteiger partial charge in [-0.1, -0.05) is 50.2 Å². The summed E-state index contributed by atoms with van der Waals surface area (Å²) in [5.74, 6) is -5.20. The van der Waals surface area contributed by atoms with Crippen molar-refractivity contribution in [2.75, 3.05) is 12.8 Å². The number of thiophene rings is 1. The molecule has 0 saturated carbocycles. The van der Waals surface area contributed by atoms with Crippen molar-refractivity contribution in [3.8, 4) is 0 Å². The summed E-state index contributed by atoms with van der Waals surface area (Å²) in [6.07, 6.45) is 0.390. The lowest BCUT2D eigenvalue weighted by Crippen LogP contribution is -2.52. The van der Waals surface area contributed by atoms with Gasteiger partial charge in [0.15, 0.2) is 9.84 Å². The molecule has 3 amide bonds. The molecule has 3 atom stereocenters. The van der Waals surface area contributed by atoms with Crippen LogP contribution < -0.4 is 16.1 Å². The highest BCUT2D eigenvalue weighted by Crippen LogP contribution is 2.27. The standard InChI is InChI=1S/C23H31N3O6S2/c1-15(2)12-17(18(22(28)26-30)14-34(31,32)20-10-7-11-33-20)21(27)25-19(23(29)24-3)13-16-8-5-4-6-9-16/h4-11,15,17-19,30H,12-14H2,1-3H3,(H,24,29)(H,25,27)(H,26,28)/t17-,18?,19+/m1/s1. The van der Waals surface area contributed by atoms with E-state index >= 15 is 0 Å². The van der Waals surface area contributed by atoms with Crippen LogP contribution in [0.1, 0.15) is 25.8 Å². The Bertz CT molecular complexity index is 1060. The zero-order valence-corrected chi connectivity index (χ0v) is 21.0. The van der Waals surface area contributed by atoms with E-state index in [4.69, 9.17) is 0 Å². The van der Waals surface area contributed by atoms with Gasteiger partial charge in [0, 0.05) is 13.5 Å². The van der Waals surface area contributed by atoms with Gasteiger partial charge < -0.3 is 10.6 Å². The van der Waals surface area contributed by atoms with Crippen molar-refractivity contribution in [2.24, 2.45) is 17.8 Å². The Morgan fingerprint density at radius 3 is 2.18 bits per heavy atom. The Morgan fingerprint density at radius 2 is 1.65 bits per heavy atom. The molecule has 0 spiro atoms. The van der Waals surface area contributed by atoms with Crippen molar-refractivity contribution in [2.45, 2.75) is 36.9 Å². The summed E-state index contributed by atoms with van der Waals surface area (Å²) in [6, 6.07) is 11.2. The summed E-state index contributed by atoms with van der Waals surface area (Å²) in [5.41, 5.74) is 2.33. The van der Waals surface area contributed by atoms with Gasteiger partial charge in [-0.3, -0.25) is 19.6 Å². The van der Waals surface area contributed by atoms with E-state index in [1.807, 2.05) is 44.2 Å². The third-order valence-corrected chi connectivity index (χ3v) is 8.62. The molecule has 1 aromatic heterocycles. The van der Waals surface area contributed by atoms with Crippen LogP contribution in [0.2, 0.25) is 0 Å². The highest BCUT2D eigenvalue weighted by molar-refractivity contribution is 7.93. The molecule has 186 valence electrons. The number of carbonyl (C=O) groups is 3. The summed E-state index contributed by atoms with van der Waals surface area (Å²) in [4.78, 5) is 38.5. The zero-order chi connectivity index (χ0) is 25.3. The Balaban J connectivity index is 2.35. The predicted octanol–water partition coefficient (Wildman–Crippen LogP) is 1.78. The maximum Gasteiger partial charge on any atom is 0.248 e. The first-order valence-corrected chi connectivity index (χ1v) is 13.4. The minimum absolute atomic E-state index is 0.0678. The molecule has 0 radical (unpaired) electrons. The van der Waals surface area contributed by atoms with Crippen LogP contribution in [0.15, 0.2) is 52.1 Å². The summed E-state index contributed by atoms with van der Waals surface area (Å²) in [7, 11) is -2.44. The van der Waals surface area contributed by atoms with Crippen LogP contribution >= 0.6 is 11.3 Å². The van der Waals surface area contributed by atoms with Crippen molar-refractivity contribution in [1.29, 1.82) is 0 Å². The molecule has 0 bridgehead atoms. The molecule has 1 unspecified atom stereocenters. The van der Waals surface area contributed by atoms with Gasteiger partial charge >= 0.3 is 0 Å². The fraction of sp³-hybridized carbons (Fsp3) is 0.435. The third kappa shape index (κ3) is 7.64. The molecule has 0 aliphatic rings. The van der Waals surface area contributed by atoms with Crippen molar-refractivity contribution in [3.63, 3.8) is 0 Å². The van der Waals surface area contributed by atoms with Gasteiger partial charge in [0.1, 0.15) is 10.3 Å². The number of carbonyl (C=O) groups excluding carboxylic acids is 3. The number of rotatable bonds is 12. The van der Waals surface area contributed by atoms with E-state index in [1.165, 1.54) is 18.6 Å². The van der Waals surface area contributed by atoms with Gasteiger partial charge in [-0.25, -0.2) is 13.9 Å². The summed E-state index contributed by atoms with van der Waals surface area (Å²) >= 11 is 1.01. The van der Waals surface area contributed by atoms with E-state index < -0.39 is 51.2 Å². The normalized spacial score (nSPS) is 14.1. The fourth-order valence-electron chi connectivity index (χ4n) is 3.69. The van der Waals surface area contributed by atoms with Crippen LogP contribution in [-0.4, -0.2) is 50.2 Å². The molecule has 0 fully saturated rings. The van der Waals surface area contributed by atoms with Crippen molar-refractivity contribution in [3.05, 3.63) is 53.4 Å². The van der Waals surface area contributed by atoms with Gasteiger partial charge in [-0.15, -0.1) is 11.3 Å². The van der Waals surface area contributed by atoms with E-state index in [0.717, 1.165) is 16.9 Å². The monoisotopic (exact) mass is 509 g/mol. The Kier molecular flexibility index (Phi) is 10.2. The lowest BCUT2D eigenvalue weighted by Gasteiger charge is -2.28. The second-order valence-corrected chi connectivity index (χ2v) is 11.6. The van der Waals surface area contributed by atoms with E-state index in [-0.39, 0.29) is 23.0 Å². The molecular weight excluding hydrogens is 478 g/mol. The van der Waals surface area contributed by atoms with Gasteiger partial charge in [0.05, 0.1) is 17.6 Å². The van der Waals surface area contributed by atoms with Gasteiger partial charge in [0.25, 0.3) is 0 Å². The number of hydroxylamine groups is 1. The first kappa shape index (κ1) is 27.5. The predicted molar refractivity (Wildman–Crippen MR) is 129 cm³/mol. The van der Waals surface area contributed by atoms with Crippen LogP contribution in [0, 0.1) is 17.8 Å². The number of benzene rings is 1. The molecule has 0 saturated heterocycles. The average molecular weight is 510 g/mol. The molecule has 2 rings (SSSR count). The highest BCUT2D eigenvalue weighted by Gasteiger charge is 2.39. The molecule has 1 aromatic carbocycles. The Hall–Kier alpha value is -2.76. The molecule has 0 aliphatic carbocycles. The maximum absolute atomic E-state index is 13.4. The molecule has 0 aliphatic heterocycles. The fourth-order valence-corrected chi connectivity index (χ4v) is 6.40. The van der Waals surface area contributed by atoms with Gasteiger partial charge in [-0.2, -0.15) is 0 Å². The third-order valence-electron chi connectivity index (χ3n) is 5.36. The lowest BCUT2D eigenvalue weighted by molar-refractivity contribution is -0.140. The second-order valence-electron chi connectivity index (χ2n) is 8.40. The first-order valence-electron chi connectivity index (χ1n) is 10.8. The van der Waals surface area contributed by atoms with Crippen molar-refractivity contribution < 1.29 is 28.0 Å². The van der Waals surface area contributed by atoms with Crippen LogP contribution in [0.5, 0.6) is 0 Å². The Labute approximate surface area is 203 Å². The summed E-state index contributed by atoms with van der Waals surface area (Å²) in [5, 5.41) is 16.1. The smallest absolute Gasteiger partial charge is 0.248 e. The molecule has 4 N–H and O–H groups in total. The Morgan fingerprint density at radius 1 is 0.971 bits per heavy atom. The minimum atomic E-state index is -3.90. The van der Waals surface area contributed by atoms with Gasteiger partial charge in [-0.05, 0) is 29.3 Å². The molecule has 34 heavy (non-hydrogen) atoms. The first-order chi connectivity index (χ1) is 16.1. The van der Waals surface area contributed by atoms with Crippen LogP contribution in [-0.2, 0) is 30.6 Å². The quantitative estimate of drug-likeness (QED) is 0.254. The lowest BCUT2D eigenvalue weighted by atomic mass is 9.84.